The Morgan fingerprint density at radius 3 is 2.28 bits per heavy atom. The summed E-state index contributed by atoms with van der Waals surface area (Å²) in [6.07, 6.45) is -0.980. The number of ketones is 1. The molecule has 2 aromatic rings. The number of carbonyl (C=O) groups is 3. The lowest BCUT2D eigenvalue weighted by Crippen LogP contribution is -2.30. The molecule has 2 rings (SSSR count). The van der Waals surface area contributed by atoms with E-state index in [1.54, 1.807) is 42.5 Å². The molecule has 1 unspecified atom stereocenters. The van der Waals surface area contributed by atoms with Crippen LogP contribution in [-0.4, -0.2) is 30.9 Å². The summed E-state index contributed by atoms with van der Waals surface area (Å²) in [6, 6.07) is 12.9. The number of carbonyl (C=O) groups excluding carboxylic acids is 3. The van der Waals surface area contributed by atoms with Gasteiger partial charge in [-0.05, 0) is 56.3 Å². The van der Waals surface area contributed by atoms with Gasteiger partial charge in [-0.1, -0.05) is 6.07 Å². The molecule has 0 heterocycles. The Hall–Kier alpha value is -3.15. The topological polar surface area (TPSA) is 81.7 Å². The summed E-state index contributed by atoms with van der Waals surface area (Å²) in [5.41, 5.74) is 1.36. The minimum atomic E-state index is -0.980. The van der Waals surface area contributed by atoms with Gasteiger partial charge in [-0.15, -0.1) is 0 Å². The number of amides is 1. The molecular weight excluding hydrogens is 322 g/mol. The molecule has 0 spiro atoms. The van der Waals surface area contributed by atoms with Gasteiger partial charge in [0.1, 0.15) is 5.75 Å². The third-order valence-corrected chi connectivity index (χ3v) is 3.52. The van der Waals surface area contributed by atoms with Gasteiger partial charge in [-0.3, -0.25) is 9.59 Å². The van der Waals surface area contributed by atoms with Crippen LogP contribution in [0, 0.1) is 0 Å². The van der Waals surface area contributed by atoms with E-state index < -0.39 is 18.0 Å². The van der Waals surface area contributed by atoms with E-state index in [1.165, 1.54) is 27.0 Å². The normalized spacial score (nSPS) is 11.3. The molecular formula is C19H19NO5. The van der Waals surface area contributed by atoms with Crippen LogP contribution in [0.25, 0.3) is 0 Å². The molecule has 0 bridgehead atoms. The Balaban J connectivity index is 1.97. The minimum Gasteiger partial charge on any atom is -0.497 e. The number of nitrogens with one attached hydrogen (secondary N) is 1. The van der Waals surface area contributed by atoms with Crippen LogP contribution in [0.2, 0.25) is 0 Å². The molecule has 0 radical (unpaired) electrons. The van der Waals surface area contributed by atoms with Crippen molar-refractivity contribution in [3.8, 4) is 5.75 Å². The molecule has 25 heavy (non-hydrogen) atoms. The lowest BCUT2D eigenvalue weighted by atomic mass is 10.1. The number of methoxy groups -OCH3 is 1. The summed E-state index contributed by atoms with van der Waals surface area (Å²) in [7, 11) is 1.50. The van der Waals surface area contributed by atoms with Crippen LogP contribution in [0.5, 0.6) is 5.75 Å². The molecule has 0 aliphatic carbocycles. The van der Waals surface area contributed by atoms with Crippen molar-refractivity contribution in [2.24, 2.45) is 0 Å². The number of esters is 1. The first-order valence-corrected chi connectivity index (χ1v) is 7.67. The molecule has 0 saturated heterocycles. The smallest absolute Gasteiger partial charge is 0.339 e. The van der Waals surface area contributed by atoms with Gasteiger partial charge in [-0.2, -0.15) is 0 Å². The van der Waals surface area contributed by atoms with Crippen molar-refractivity contribution in [1.29, 1.82) is 0 Å². The van der Waals surface area contributed by atoms with E-state index in [4.69, 9.17) is 9.47 Å². The Kier molecular flexibility index (Phi) is 5.89. The second-order valence-corrected chi connectivity index (χ2v) is 5.40. The molecule has 0 saturated carbocycles. The molecule has 2 aromatic carbocycles. The second kappa shape index (κ2) is 8.10. The predicted molar refractivity (Wildman–Crippen MR) is 92.9 cm³/mol. The van der Waals surface area contributed by atoms with Gasteiger partial charge in [0.15, 0.2) is 11.9 Å². The summed E-state index contributed by atoms with van der Waals surface area (Å²) < 4.78 is 10.2. The zero-order valence-corrected chi connectivity index (χ0v) is 14.2. The second-order valence-electron chi connectivity index (χ2n) is 5.40. The monoisotopic (exact) mass is 341 g/mol. The fraction of sp³-hybridized carbons (Fsp3) is 0.211. The number of hydrogen-bond acceptors (Lipinski definition) is 5. The quantitative estimate of drug-likeness (QED) is 0.645. The Morgan fingerprint density at radius 1 is 1.00 bits per heavy atom. The van der Waals surface area contributed by atoms with Gasteiger partial charge in [0.25, 0.3) is 5.91 Å². The van der Waals surface area contributed by atoms with E-state index in [2.05, 4.69) is 5.32 Å². The maximum atomic E-state index is 12.1. The number of anilines is 1. The molecule has 6 nitrogen and oxygen atoms in total. The number of rotatable bonds is 6. The zero-order chi connectivity index (χ0) is 18.4. The predicted octanol–water partition coefficient (Wildman–Crippen LogP) is 3.08. The van der Waals surface area contributed by atoms with E-state index in [0.717, 1.165) is 0 Å². The van der Waals surface area contributed by atoms with Crippen LogP contribution in [-0.2, 0) is 9.53 Å². The molecule has 130 valence electrons. The Morgan fingerprint density at radius 2 is 1.68 bits per heavy atom. The van der Waals surface area contributed by atoms with Gasteiger partial charge >= 0.3 is 5.97 Å². The minimum absolute atomic E-state index is 0.0570. The molecule has 6 heteroatoms. The summed E-state index contributed by atoms with van der Waals surface area (Å²) in [5, 5.41) is 2.64. The largest absolute Gasteiger partial charge is 0.497 e. The van der Waals surface area contributed by atoms with Crippen molar-refractivity contribution >= 4 is 23.3 Å². The van der Waals surface area contributed by atoms with E-state index in [0.29, 0.717) is 22.6 Å². The van der Waals surface area contributed by atoms with E-state index >= 15 is 0 Å². The lowest BCUT2D eigenvalue weighted by molar-refractivity contribution is -0.123. The maximum Gasteiger partial charge on any atom is 0.339 e. The maximum absolute atomic E-state index is 12.1. The highest BCUT2D eigenvalue weighted by Crippen LogP contribution is 2.15. The first-order valence-electron chi connectivity index (χ1n) is 7.67. The zero-order valence-electron chi connectivity index (χ0n) is 14.2. The van der Waals surface area contributed by atoms with Crippen molar-refractivity contribution in [2.45, 2.75) is 20.0 Å². The highest BCUT2D eigenvalue weighted by Gasteiger charge is 2.19. The SMILES string of the molecule is COc1cccc(C(=O)OC(C)C(=O)Nc2ccc(C(C)=O)cc2)c1. The fourth-order valence-corrected chi connectivity index (χ4v) is 2.06. The average molecular weight is 341 g/mol. The Labute approximate surface area is 145 Å². The molecule has 1 atom stereocenters. The number of benzene rings is 2. The molecule has 1 amide bonds. The fourth-order valence-electron chi connectivity index (χ4n) is 2.06. The van der Waals surface area contributed by atoms with Crippen LogP contribution in [0.3, 0.4) is 0 Å². The highest BCUT2D eigenvalue weighted by molar-refractivity contribution is 5.98. The van der Waals surface area contributed by atoms with E-state index in [-0.39, 0.29) is 5.78 Å². The van der Waals surface area contributed by atoms with Crippen molar-refractivity contribution < 1.29 is 23.9 Å². The standard InChI is InChI=1S/C19H19NO5/c1-12(21)14-7-9-16(10-8-14)20-18(22)13(2)25-19(23)15-5-4-6-17(11-15)24-3/h4-11,13H,1-3H3,(H,20,22). The van der Waals surface area contributed by atoms with Crippen molar-refractivity contribution in [3.05, 3.63) is 59.7 Å². The van der Waals surface area contributed by atoms with E-state index in [9.17, 15) is 14.4 Å². The third kappa shape index (κ3) is 4.91. The number of hydrogen-bond donors (Lipinski definition) is 1. The first-order chi connectivity index (χ1) is 11.9. The molecule has 1 N–H and O–H groups in total. The molecule has 0 aliphatic heterocycles. The van der Waals surface area contributed by atoms with Gasteiger partial charge < -0.3 is 14.8 Å². The summed E-state index contributed by atoms with van der Waals surface area (Å²) >= 11 is 0. The van der Waals surface area contributed by atoms with Gasteiger partial charge in [-0.25, -0.2) is 4.79 Å². The van der Waals surface area contributed by atoms with Crippen LogP contribution >= 0.6 is 0 Å². The molecule has 0 aliphatic rings. The number of ether oxygens (including phenoxy) is 2. The van der Waals surface area contributed by atoms with Crippen LogP contribution in [0.15, 0.2) is 48.5 Å². The van der Waals surface area contributed by atoms with E-state index in [1.807, 2.05) is 0 Å². The van der Waals surface area contributed by atoms with Crippen LogP contribution < -0.4 is 10.1 Å². The lowest BCUT2D eigenvalue weighted by Gasteiger charge is -2.14. The highest BCUT2D eigenvalue weighted by atomic mass is 16.5. The van der Waals surface area contributed by atoms with Gasteiger partial charge in [0, 0.05) is 11.3 Å². The summed E-state index contributed by atoms with van der Waals surface area (Å²) in [6.45, 7) is 2.95. The summed E-state index contributed by atoms with van der Waals surface area (Å²) in [5.74, 6) is -0.615. The van der Waals surface area contributed by atoms with Gasteiger partial charge in [0.05, 0.1) is 12.7 Å². The van der Waals surface area contributed by atoms with Crippen molar-refractivity contribution in [2.75, 3.05) is 12.4 Å². The van der Waals surface area contributed by atoms with Crippen LogP contribution in [0.4, 0.5) is 5.69 Å². The Bertz CT molecular complexity index is 783. The van der Waals surface area contributed by atoms with Crippen molar-refractivity contribution in [3.63, 3.8) is 0 Å². The van der Waals surface area contributed by atoms with Gasteiger partial charge in [0.2, 0.25) is 0 Å². The molecule has 0 fully saturated rings. The average Bonchev–Trinajstić information content (AvgIpc) is 2.62. The van der Waals surface area contributed by atoms with Crippen LogP contribution in [0.1, 0.15) is 34.6 Å². The van der Waals surface area contributed by atoms with Crippen molar-refractivity contribution in [1.82, 2.24) is 0 Å². The first kappa shape index (κ1) is 18.2. The summed E-state index contributed by atoms with van der Waals surface area (Å²) in [4.78, 5) is 35.5. The molecule has 0 aromatic heterocycles. The number of Topliss-reactive ketones (excluding diaryl/α,β-unsaturated/α-hetero) is 1. The third-order valence-electron chi connectivity index (χ3n) is 3.52.